The number of aryl methyl sites for hydroxylation is 9. The van der Waals surface area contributed by atoms with Crippen molar-refractivity contribution in [3.63, 3.8) is 0 Å². The predicted molar refractivity (Wildman–Crippen MR) is 533 cm³/mol. The fourth-order valence-electron chi connectivity index (χ4n) is 12.5. The molecule has 8 nitrogen and oxygen atoms in total. The van der Waals surface area contributed by atoms with Crippen molar-refractivity contribution >= 4 is 0 Å². The van der Waals surface area contributed by atoms with Gasteiger partial charge in [0.25, 0.3) is 0 Å². The van der Waals surface area contributed by atoms with Gasteiger partial charge in [0.15, 0.2) is 0 Å². The summed E-state index contributed by atoms with van der Waals surface area (Å²) in [7, 11) is 0. The summed E-state index contributed by atoms with van der Waals surface area (Å²) >= 11 is 0. The topological polar surface area (TPSA) is 103 Å². The Bertz CT molecular complexity index is 6940. The number of benzene rings is 12. The maximum Gasteiger partial charge on any atom is 0.0280 e. The quantitative estimate of drug-likeness (QED) is 0.105. The summed E-state index contributed by atoms with van der Waals surface area (Å²) < 4.78 is 66.3. The van der Waals surface area contributed by atoms with E-state index in [9.17, 15) is 0 Å². The van der Waals surface area contributed by atoms with Crippen LogP contribution in [0.3, 0.4) is 0 Å². The van der Waals surface area contributed by atoms with Crippen molar-refractivity contribution in [2.24, 2.45) is 0 Å². The summed E-state index contributed by atoms with van der Waals surface area (Å²) in [5, 5.41) is 0. The van der Waals surface area contributed by atoms with E-state index in [1.165, 1.54) is 41.6 Å². The van der Waals surface area contributed by atoms with Crippen molar-refractivity contribution in [1.29, 1.82) is 0 Å². The monoisotopic (exact) mass is 2840 g/mol. The standard InChI is InChI=1S/C20H17N2.C19H15N2.C18H13N2.C17H11N2.C14H12.3C12H8.4Pt.4Y/c1-14(2)16-9-10-21-20(12-16)18-6-4-5-17(11-18)19-8-7-15(3)22-13-19;1-13-9-19(21-11-14(13)2)17-6-4-5-16(10-17)18-8-7-15(3)20-12-18;1-13-8-9-19-18(10-13)16-5-3-4-15(11-16)17-7-6-14(2)20-12-17;1-13-8-9-16(12-19-13)14-5-4-6-15(11-14)17-7-2-3-10-18-17;1-11-3-7-13(8-4-11)14-9-5-12(2)6-10-14;3*1-3-7-11(8-4-1)12-9-5-2-6-10-12;;;;;;;;/h4-5,7-10,12,14H,1-3H3;4-5,7-9,11H,1-3H3;3-4,6-10H,1-2H3;2-5,7-10H,1H3;3-7,9H,1-2H3;3*1-7,9H;;;;;;;;/q4*-3;4*-2;;;;;;;;/i;2D3;;;1D3,2D3;;;;;;;;;;;. The second-order valence-electron chi connectivity index (χ2n) is 30.1. The first-order valence-electron chi connectivity index (χ1n) is 46.9. The molecule has 0 atom stereocenters. The number of hydrogen-bond acceptors (Lipinski definition) is 8. The zero-order valence-corrected chi connectivity index (χ0v) is 98.2. The second kappa shape index (κ2) is 65.3. The van der Waals surface area contributed by atoms with Crippen LogP contribution in [0, 0.1) is 184 Å². The number of nitrogens with zero attached hydrogens (tertiary/aromatic N) is 8. The van der Waals surface area contributed by atoms with Gasteiger partial charge in [0.2, 0.25) is 0 Å². The number of hydrogen-bond donors (Lipinski definition) is 0. The first-order chi connectivity index (χ1) is 68.1. The van der Waals surface area contributed by atoms with E-state index in [0.717, 1.165) is 134 Å². The van der Waals surface area contributed by atoms with E-state index >= 15 is 0 Å². The largest absolute Gasteiger partial charge is 0.373 e. The van der Waals surface area contributed by atoms with Gasteiger partial charge >= 0.3 is 0 Å². The van der Waals surface area contributed by atoms with Crippen LogP contribution < -0.4 is 0 Å². The van der Waals surface area contributed by atoms with Gasteiger partial charge in [-0.25, -0.2) is 116 Å². The number of rotatable bonds is 13. The summed E-state index contributed by atoms with van der Waals surface area (Å²) in [5.41, 5.74) is 29.4. The van der Waals surface area contributed by atoms with E-state index in [2.05, 4.69) is 188 Å². The third-order valence-electron chi connectivity index (χ3n) is 19.7. The Balaban J connectivity index is 0.000000300. The molecule has 0 fully saturated rings. The Hall–Kier alpha value is -8.99. The van der Waals surface area contributed by atoms with Gasteiger partial charge in [-0.2, -0.15) is 205 Å². The molecule has 20 aromatic rings. The van der Waals surface area contributed by atoms with E-state index in [1.807, 2.05) is 308 Å². The minimum Gasteiger partial charge on any atom is -0.373 e. The van der Waals surface area contributed by atoms with Crippen LogP contribution in [0.15, 0.2) is 352 Å². The molecule has 4 radical (unpaired) electrons. The Labute approximate surface area is 1000 Å². The molecule has 0 bridgehead atoms. The molecular weight excluding hydrogens is 2740 g/mol. The van der Waals surface area contributed by atoms with Crippen LogP contribution in [-0.2, 0) is 215 Å². The maximum atomic E-state index is 7.52. The molecular formula is C124H92N8Pt4Y4-20. The normalized spacial score (nSPS) is 10.9. The van der Waals surface area contributed by atoms with Crippen molar-refractivity contribution in [3.05, 3.63) is 530 Å². The van der Waals surface area contributed by atoms with E-state index in [4.69, 9.17) is 12.3 Å². The van der Waals surface area contributed by atoms with Gasteiger partial charge in [0.05, 0.1) is 0 Å². The molecule has 20 rings (SSSR count). The molecule has 0 amide bonds. The molecule has 0 aliphatic heterocycles. The van der Waals surface area contributed by atoms with Crippen molar-refractivity contribution < 1.29 is 227 Å². The summed E-state index contributed by atoms with van der Waals surface area (Å²) in [6, 6.07) is 154. The van der Waals surface area contributed by atoms with Crippen molar-refractivity contribution in [2.75, 3.05) is 0 Å². The molecule has 0 saturated heterocycles. The molecule has 0 aliphatic carbocycles. The zero-order valence-electron chi connectivity index (χ0n) is 86.7. The molecule has 8 aromatic heterocycles. The van der Waals surface area contributed by atoms with E-state index < -0.39 is 20.6 Å². The molecule has 140 heavy (non-hydrogen) atoms. The molecule has 0 spiro atoms. The van der Waals surface area contributed by atoms with Gasteiger partial charge in [-0.1, -0.05) is 101 Å². The minimum atomic E-state index is -2.16. The van der Waals surface area contributed by atoms with Gasteiger partial charge in [-0.3, -0.25) is 69.8 Å². The van der Waals surface area contributed by atoms with E-state index in [0.29, 0.717) is 33.9 Å². The van der Waals surface area contributed by atoms with E-state index in [1.54, 1.807) is 43.6 Å². The fraction of sp³-hybridized carbons (Fsp3) is 0.0968. The predicted octanol–water partition coefficient (Wildman–Crippen LogP) is 28.5. The number of aromatic nitrogens is 8. The van der Waals surface area contributed by atoms with Crippen molar-refractivity contribution in [1.82, 2.24) is 39.9 Å². The van der Waals surface area contributed by atoms with Gasteiger partial charge in [-0.15, -0.1) is 121 Å². The molecule has 12 aromatic carbocycles. The summed E-state index contributed by atoms with van der Waals surface area (Å²) in [5.74, 6) is 0.472. The Morgan fingerprint density at radius 2 is 0.543 bits per heavy atom. The van der Waals surface area contributed by atoms with Crippen LogP contribution in [0.25, 0.3) is 134 Å². The van der Waals surface area contributed by atoms with Gasteiger partial charge in [0.1, 0.15) is 0 Å². The van der Waals surface area contributed by atoms with Crippen molar-refractivity contribution in [3.8, 4) is 134 Å². The SMILES string of the molecule is Cc1ccc(-c2[c-]c(-c3cc(C(C)C)ccn3)[c-]cc2)[c-]n1.Cc1ccc(-c2[c-]c(-c3ccccn3)[c-]cc2)[c-]n1.Cc1ccnc(-c2[c-]ccc(-c3[c-]nc(C)cc3)[c-]2)c1.[2H]C([2H])([2H])c1c[c-]c(-c2[c-]cc(C([2H])([2H])[2H])cc2)cc1.[2H]C([2H])([2H])c1cnc(-c2[c-]ccc(-c3[c-]nc(C)cc3)[c-]2)cc1C.[Pt].[Pt].[Pt].[Pt].[Y].[Y].[Y].[Y].[c-]1ccccc1-c1[c-]cccc1.[c-]1ccccc1-c1[c-]cccc1.[c-]1ccccc1-c1[c-]cccc1. The summed E-state index contributed by atoms with van der Waals surface area (Å²) in [6.45, 7) is 9.48. The third-order valence-corrected chi connectivity index (χ3v) is 19.7. The molecule has 8 heterocycles. The van der Waals surface area contributed by atoms with Gasteiger partial charge < -0.3 is 63.1 Å². The van der Waals surface area contributed by atoms with Crippen LogP contribution >= 0.6 is 0 Å². The fourth-order valence-corrected chi connectivity index (χ4v) is 12.5. The molecule has 0 unspecified atom stereocenters. The molecule has 0 aliphatic rings. The maximum absolute atomic E-state index is 7.52. The Morgan fingerprint density at radius 3 is 0.814 bits per heavy atom. The van der Waals surface area contributed by atoms with Crippen LogP contribution in [0.2, 0.25) is 0 Å². The number of pyridine rings is 8. The van der Waals surface area contributed by atoms with Crippen LogP contribution in [0.5, 0.6) is 0 Å². The molecule has 16 heteroatoms. The Morgan fingerprint density at radius 1 is 0.236 bits per heavy atom. The van der Waals surface area contributed by atoms with Gasteiger partial charge in [0, 0.05) is 252 Å². The van der Waals surface area contributed by atoms with Gasteiger partial charge in [-0.05, 0) is 85.5 Å². The Kier molecular flexibility index (Phi) is 49.8. The van der Waals surface area contributed by atoms with Crippen LogP contribution in [0.4, 0.5) is 0 Å². The molecule has 700 valence electrons. The smallest absolute Gasteiger partial charge is 0.0280 e. The zero-order chi connectivity index (χ0) is 99.5. The van der Waals surface area contributed by atoms with Crippen LogP contribution in [0.1, 0.15) is 88.3 Å². The minimum absolute atomic E-state index is 0. The summed E-state index contributed by atoms with van der Waals surface area (Å²) in [4.78, 5) is 34.2. The molecule has 0 N–H and O–H groups in total. The van der Waals surface area contributed by atoms with Crippen molar-refractivity contribution in [2.45, 2.75) is 81.9 Å². The second-order valence-corrected chi connectivity index (χ2v) is 30.1. The first-order valence-corrected chi connectivity index (χ1v) is 42.4. The van der Waals surface area contributed by atoms with Crippen LogP contribution in [-0.4, -0.2) is 39.9 Å². The van der Waals surface area contributed by atoms with E-state index in [-0.39, 0.29) is 232 Å². The average Bonchev–Trinajstić information content (AvgIpc) is 0.798. The third kappa shape index (κ3) is 39.3. The summed E-state index contributed by atoms with van der Waals surface area (Å²) in [6.07, 6.45) is 18.9. The average molecular weight is 2840 g/mol. The first kappa shape index (κ1) is 107. The molecule has 0 saturated carbocycles.